The molecule has 11 heteroatoms. The van der Waals surface area contributed by atoms with E-state index in [0.717, 1.165) is 20.8 Å². The fourth-order valence-electron chi connectivity index (χ4n) is 2.60. The lowest BCUT2D eigenvalue weighted by Gasteiger charge is -2.45. The van der Waals surface area contributed by atoms with Gasteiger partial charge in [-0.3, -0.25) is 19.2 Å². The molecule has 11 nitrogen and oxygen atoms in total. The van der Waals surface area contributed by atoms with Crippen LogP contribution in [0.1, 0.15) is 41.5 Å². The van der Waals surface area contributed by atoms with Gasteiger partial charge < -0.3 is 28.4 Å². The van der Waals surface area contributed by atoms with E-state index in [9.17, 15) is 24.4 Å². The van der Waals surface area contributed by atoms with Crippen LogP contribution in [0.2, 0.25) is 0 Å². The summed E-state index contributed by atoms with van der Waals surface area (Å²) >= 11 is 0. The van der Waals surface area contributed by atoms with Crippen LogP contribution in [0.3, 0.4) is 0 Å². The molecule has 0 aromatic rings. The number of esters is 4. The van der Waals surface area contributed by atoms with E-state index in [1.54, 1.807) is 0 Å². The third-order valence-corrected chi connectivity index (χ3v) is 3.63. The number of hydrogen-bond donors (Lipinski definition) is 0. The van der Waals surface area contributed by atoms with E-state index in [-0.39, 0.29) is 6.61 Å². The van der Waals surface area contributed by atoms with Crippen LogP contribution >= 0.6 is 0 Å². The van der Waals surface area contributed by atoms with E-state index < -0.39 is 60.2 Å². The number of hydrogen-bond acceptors (Lipinski definition) is 11. The van der Waals surface area contributed by atoms with Crippen molar-refractivity contribution in [2.24, 2.45) is 0 Å². The summed E-state index contributed by atoms with van der Waals surface area (Å²) in [7, 11) is 0. The smallest absolute Gasteiger partial charge is 0.303 e. The van der Waals surface area contributed by atoms with Gasteiger partial charge in [0, 0.05) is 27.7 Å². The molecule has 162 valence electrons. The van der Waals surface area contributed by atoms with Crippen molar-refractivity contribution in [3.63, 3.8) is 0 Å². The summed E-state index contributed by atoms with van der Waals surface area (Å²) in [5.74, 6) is -2.87. The Morgan fingerprint density at radius 3 is 1.79 bits per heavy atom. The summed E-state index contributed by atoms with van der Waals surface area (Å²) in [6.07, 6.45) is -6.48. The molecule has 5 atom stereocenters. The Morgan fingerprint density at radius 1 is 0.862 bits per heavy atom. The fraction of sp³-hybridized carbons (Fsp3) is 0.722. The van der Waals surface area contributed by atoms with Crippen molar-refractivity contribution in [3.8, 4) is 6.07 Å². The summed E-state index contributed by atoms with van der Waals surface area (Å²) in [4.78, 5) is 46.1. The molecule has 1 rings (SSSR count). The van der Waals surface area contributed by atoms with Gasteiger partial charge in [0.15, 0.2) is 23.9 Å². The highest BCUT2D eigenvalue weighted by Crippen LogP contribution is 2.31. The van der Waals surface area contributed by atoms with E-state index in [0.29, 0.717) is 0 Å². The molecule has 0 aliphatic carbocycles. The molecule has 1 heterocycles. The van der Waals surface area contributed by atoms with Crippen molar-refractivity contribution in [3.05, 3.63) is 0 Å². The molecule has 0 aromatic heterocycles. The maximum Gasteiger partial charge on any atom is 0.303 e. The van der Waals surface area contributed by atoms with Crippen LogP contribution in [0.5, 0.6) is 0 Å². The third kappa shape index (κ3) is 7.67. The number of nitriles is 1. The molecule has 5 unspecified atom stereocenters. The topological polar surface area (TPSA) is 147 Å². The van der Waals surface area contributed by atoms with Crippen molar-refractivity contribution in [2.45, 2.75) is 77.8 Å². The number of carbonyl (C=O) groups excluding carboxylic acids is 4. The predicted molar refractivity (Wildman–Crippen MR) is 92.7 cm³/mol. The van der Waals surface area contributed by atoms with Gasteiger partial charge in [-0.15, -0.1) is 0 Å². The minimum absolute atomic E-state index is 0.370. The molecular weight excluding hydrogens is 390 g/mol. The van der Waals surface area contributed by atoms with Gasteiger partial charge >= 0.3 is 23.9 Å². The average Bonchev–Trinajstić information content (AvgIpc) is 2.57. The van der Waals surface area contributed by atoms with Crippen molar-refractivity contribution in [2.75, 3.05) is 6.61 Å². The molecule has 0 N–H and O–H groups in total. The zero-order valence-corrected chi connectivity index (χ0v) is 17.1. The Labute approximate surface area is 168 Å². The third-order valence-electron chi connectivity index (χ3n) is 3.63. The van der Waals surface area contributed by atoms with Crippen LogP contribution in [-0.4, -0.2) is 66.8 Å². The highest BCUT2D eigenvalue weighted by molar-refractivity contribution is 5.68. The Bertz CT molecular complexity index is 683. The molecule has 1 saturated heterocycles. The first-order valence-electron chi connectivity index (χ1n) is 8.76. The van der Waals surface area contributed by atoms with Crippen LogP contribution in [0.15, 0.2) is 0 Å². The van der Waals surface area contributed by atoms with Crippen molar-refractivity contribution < 1.29 is 47.6 Å². The number of carbonyl (C=O) groups is 4. The van der Waals surface area contributed by atoms with Crippen LogP contribution < -0.4 is 0 Å². The van der Waals surface area contributed by atoms with E-state index in [4.69, 9.17) is 28.4 Å². The highest BCUT2D eigenvalue weighted by Gasteiger charge is 2.53. The summed E-state index contributed by atoms with van der Waals surface area (Å²) in [5, 5.41) is 9.25. The van der Waals surface area contributed by atoms with Gasteiger partial charge in [-0.05, 0) is 13.8 Å². The van der Waals surface area contributed by atoms with Crippen LogP contribution in [-0.2, 0) is 47.6 Å². The lowest BCUT2D eigenvalue weighted by molar-refractivity contribution is -0.321. The molecule has 0 saturated carbocycles. The second kappa shape index (κ2) is 10.2. The summed E-state index contributed by atoms with van der Waals surface area (Å²) in [6.45, 7) is 7.04. The van der Waals surface area contributed by atoms with E-state index in [1.807, 2.05) is 6.07 Å². The Balaban J connectivity index is 3.38. The molecule has 0 amide bonds. The Kier molecular flexibility index (Phi) is 8.54. The van der Waals surface area contributed by atoms with Crippen LogP contribution in [0, 0.1) is 11.3 Å². The molecule has 0 bridgehead atoms. The zero-order chi connectivity index (χ0) is 22.4. The first-order chi connectivity index (χ1) is 13.4. The van der Waals surface area contributed by atoms with E-state index in [2.05, 4.69) is 0 Å². The monoisotopic (exact) mass is 415 g/mol. The molecule has 29 heavy (non-hydrogen) atoms. The van der Waals surface area contributed by atoms with Crippen molar-refractivity contribution >= 4 is 23.9 Å². The van der Waals surface area contributed by atoms with Crippen molar-refractivity contribution in [1.82, 2.24) is 0 Å². The Morgan fingerprint density at radius 2 is 1.34 bits per heavy atom. The first-order valence-corrected chi connectivity index (χ1v) is 8.76. The van der Waals surface area contributed by atoms with Gasteiger partial charge in [0.05, 0.1) is 6.07 Å². The van der Waals surface area contributed by atoms with Gasteiger partial charge in [-0.1, -0.05) is 0 Å². The second-order valence-corrected chi connectivity index (χ2v) is 6.81. The average molecular weight is 415 g/mol. The number of rotatable bonds is 7. The van der Waals surface area contributed by atoms with Gasteiger partial charge in [-0.25, -0.2) is 0 Å². The second-order valence-electron chi connectivity index (χ2n) is 6.81. The SMILES string of the molecule is CC(=O)OCC1OC(OC(C)(C)C#N)C(OC(C)=O)C(OC(C)=O)C1OC(C)=O. The molecule has 1 fully saturated rings. The fourth-order valence-corrected chi connectivity index (χ4v) is 2.60. The minimum atomic E-state index is -1.38. The Hall–Kier alpha value is -2.71. The first kappa shape index (κ1) is 24.3. The normalized spacial score (nSPS) is 26.6. The molecule has 0 spiro atoms. The van der Waals surface area contributed by atoms with Gasteiger partial charge in [0.2, 0.25) is 6.29 Å². The summed E-state index contributed by atoms with van der Waals surface area (Å²) in [6, 6.07) is 1.91. The van der Waals surface area contributed by atoms with Gasteiger partial charge in [0.25, 0.3) is 0 Å². The number of ether oxygens (including phenoxy) is 6. The highest BCUT2D eigenvalue weighted by atomic mass is 16.7. The maximum atomic E-state index is 11.7. The van der Waals surface area contributed by atoms with E-state index in [1.165, 1.54) is 20.8 Å². The molecular formula is C18H25NO10. The largest absolute Gasteiger partial charge is 0.463 e. The van der Waals surface area contributed by atoms with Crippen LogP contribution in [0.4, 0.5) is 0 Å². The van der Waals surface area contributed by atoms with E-state index >= 15 is 0 Å². The maximum absolute atomic E-state index is 11.7. The quantitative estimate of drug-likeness (QED) is 0.420. The molecule has 0 radical (unpaired) electrons. The summed E-state index contributed by atoms with van der Waals surface area (Å²) < 4.78 is 32.0. The zero-order valence-electron chi connectivity index (χ0n) is 17.1. The summed E-state index contributed by atoms with van der Waals surface area (Å²) in [5.41, 5.74) is -1.37. The number of nitrogens with zero attached hydrogens (tertiary/aromatic N) is 1. The molecule has 1 aliphatic rings. The molecule has 0 aromatic carbocycles. The van der Waals surface area contributed by atoms with Gasteiger partial charge in [0.1, 0.15) is 12.7 Å². The van der Waals surface area contributed by atoms with Gasteiger partial charge in [-0.2, -0.15) is 5.26 Å². The lowest BCUT2D eigenvalue weighted by atomic mass is 9.97. The standard InChI is InChI=1S/C18H25NO10/c1-9(20)24-7-13-14(25-10(2)21)15(26-11(3)22)16(27-12(4)23)17(28-13)29-18(5,6)8-19/h13-17H,7H2,1-6H3. The molecule has 1 aliphatic heterocycles. The predicted octanol–water partition coefficient (Wildman–Crippen LogP) is 0.388. The van der Waals surface area contributed by atoms with Crippen molar-refractivity contribution in [1.29, 1.82) is 5.26 Å². The van der Waals surface area contributed by atoms with Crippen LogP contribution in [0.25, 0.3) is 0 Å². The minimum Gasteiger partial charge on any atom is -0.463 e. The lowest BCUT2D eigenvalue weighted by Crippen LogP contribution is -2.63.